The van der Waals surface area contributed by atoms with E-state index in [-0.39, 0.29) is 17.6 Å². The van der Waals surface area contributed by atoms with Crippen LogP contribution >= 0.6 is 0 Å². The lowest BCUT2D eigenvalue weighted by Gasteiger charge is -2.17. The molecule has 1 aromatic rings. The van der Waals surface area contributed by atoms with Crippen LogP contribution in [-0.2, 0) is 25.8 Å². The van der Waals surface area contributed by atoms with Crippen LogP contribution in [0.25, 0.3) is 0 Å². The van der Waals surface area contributed by atoms with Crippen LogP contribution in [0.2, 0.25) is 0 Å². The summed E-state index contributed by atoms with van der Waals surface area (Å²) >= 11 is 0. The highest BCUT2D eigenvalue weighted by Crippen LogP contribution is 2.20. The van der Waals surface area contributed by atoms with Crippen molar-refractivity contribution in [3.8, 4) is 0 Å². The van der Waals surface area contributed by atoms with E-state index in [1.165, 1.54) is 24.3 Å². The average Bonchev–Trinajstić information content (AvgIpc) is 2.43. The van der Waals surface area contributed by atoms with Crippen molar-refractivity contribution in [2.24, 2.45) is 5.73 Å². The summed E-state index contributed by atoms with van der Waals surface area (Å²) in [5.41, 5.74) is 5.19. The molecule has 0 spiro atoms. The third-order valence-electron chi connectivity index (χ3n) is 2.73. The number of carbonyl (C=O) groups excluding carboxylic acids is 1. The monoisotopic (exact) mass is 355 g/mol. The number of esters is 1. The van der Waals surface area contributed by atoms with Gasteiger partial charge in [0.2, 0.25) is 0 Å². The molecule has 1 atom stereocenters. The molecule has 0 amide bonds. The first-order chi connectivity index (χ1) is 10.4. The molecule has 1 rings (SSSR count). The van der Waals surface area contributed by atoms with Crippen LogP contribution in [-0.4, -0.2) is 33.0 Å². The molecule has 0 radical (unpaired) electrons. The van der Waals surface area contributed by atoms with E-state index < -0.39 is 33.8 Å². The summed E-state index contributed by atoms with van der Waals surface area (Å²) in [6.07, 6.45) is -6.47. The van der Waals surface area contributed by atoms with Crippen LogP contribution in [0.3, 0.4) is 0 Å². The Balaban J connectivity index is 2.83. The summed E-state index contributed by atoms with van der Waals surface area (Å²) in [4.78, 5) is 10.7. The van der Waals surface area contributed by atoms with E-state index in [1.54, 1.807) is 0 Å². The van der Waals surface area contributed by atoms with Gasteiger partial charge in [-0.05, 0) is 17.7 Å². The lowest BCUT2D eigenvalue weighted by atomic mass is 10.1. The van der Waals surface area contributed by atoms with Crippen LogP contribution in [0.1, 0.15) is 5.56 Å². The highest BCUT2D eigenvalue weighted by Gasteiger charge is 2.42. The predicted octanol–water partition coefficient (Wildman–Crippen LogP) is 1.88. The Hall–Kier alpha value is -1.94. The molecule has 0 heterocycles. The normalized spacial score (nSPS) is 14.4. The van der Waals surface area contributed by atoms with Gasteiger partial charge in [0.1, 0.15) is 0 Å². The number of nitrogens with two attached hydrogens (primary N) is 1. The van der Waals surface area contributed by atoms with Gasteiger partial charge >= 0.3 is 12.1 Å². The summed E-state index contributed by atoms with van der Waals surface area (Å²) in [5.74, 6) is -2.53. The second-order valence-electron chi connectivity index (χ2n) is 4.60. The van der Waals surface area contributed by atoms with Gasteiger partial charge in [-0.2, -0.15) is 13.2 Å². The molecule has 0 bridgehead atoms. The van der Waals surface area contributed by atoms with E-state index in [0.717, 1.165) is 6.26 Å². The molecule has 2 N–H and O–H groups in total. The second-order valence-corrected chi connectivity index (χ2v) is 6.62. The number of ether oxygens (including phenoxy) is 1. The quantitative estimate of drug-likeness (QED) is 0.495. The van der Waals surface area contributed by atoms with Crippen LogP contribution in [0, 0.1) is 0 Å². The first-order valence-corrected chi connectivity index (χ1v) is 7.96. The van der Waals surface area contributed by atoms with E-state index in [2.05, 4.69) is 4.74 Å². The highest BCUT2D eigenvalue weighted by molar-refractivity contribution is 7.90. The maximum absolute atomic E-state index is 12.8. The minimum atomic E-state index is -5.24. The molecule has 0 aliphatic heterocycles. The summed E-state index contributed by atoms with van der Waals surface area (Å²) in [5, 5.41) is 0. The minimum absolute atomic E-state index is 0.0276. The molecular weight excluding hydrogens is 342 g/mol. The zero-order valence-corrected chi connectivity index (χ0v) is 12.6. The number of rotatable bonds is 5. The molecule has 1 aromatic carbocycles. The molecule has 0 saturated carbocycles. The van der Waals surface area contributed by atoms with E-state index in [9.17, 15) is 30.8 Å². The standard InChI is InChI=1S/C13H13F4NO4S/c1-23(20,21)10-4-2-8(3-5-10)6-9(7-14)11(18)22-12(19)13(15,16)17/h2-5,7,11H,6,18H2,1H3/b9-7-. The van der Waals surface area contributed by atoms with Crippen molar-refractivity contribution < 1.29 is 35.5 Å². The number of sulfone groups is 1. The summed E-state index contributed by atoms with van der Waals surface area (Å²) < 4.78 is 75.5. The number of alkyl halides is 3. The Kier molecular flexibility index (Phi) is 5.89. The first-order valence-electron chi connectivity index (χ1n) is 6.06. The molecule has 0 aliphatic rings. The molecule has 5 nitrogen and oxygen atoms in total. The highest BCUT2D eigenvalue weighted by atomic mass is 32.2. The smallest absolute Gasteiger partial charge is 0.436 e. The predicted molar refractivity (Wildman–Crippen MR) is 72.6 cm³/mol. The van der Waals surface area contributed by atoms with Crippen molar-refractivity contribution in [1.29, 1.82) is 0 Å². The van der Waals surface area contributed by atoms with E-state index >= 15 is 0 Å². The lowest BCUT2D eigenvalue weighted by molar-refractivity contribution is -0.203. The minimum Gasteiger partial charge on any atom is -0.436 e. The van der Waals surface area contributed by atoms with Gasteiger partial charge in [0, 0.05) is 18.2 Å². The Labute approximate surface area is 129 Å². The summed E-state index contributed by atoms with van der Waals surface area (Å²) in [6.45, 7) is 0. The molecule has 0 aliphatic carbocycles. The maximum atomic E-state index is 12.8. The molecule has 23 heavy (non-hydrogen) atoms. The van der Waals surface area contributed by atoms with E-state index in [4.69, 9.17) is 5.73 Å². The van der Waals surface area contributed by atoms with E-state index in [0.29, 0.717) is 5.56 Å². The molecule has 0 aromatic heterocycles. The zero-order valence-electron chi connectivity index (χ0n) is 11.8. The van der Waals surface area contributed by atoms with Crippen molar-refractivity contribution in [3.63, 3.8) is 0 Å². The SMILES string of the molecule is CS(=O)(=O)c1ccc(C/C(=C/F)C(N)OC(=O)C(F)(F)F)cc1. The van der Waals surface area contributed by atoms with Crippen LogP contribution < -0.4 is 5.73 Å². The van der Waals surface area contributed by atoms with Crippen molar-refractivity contribution in [3.05, 3.63) is 41.7 Å². The maximum Gasteiger partial charge on any atom is 0.490 e. The number of benzene rings is 1. The largest absolute Gasteiger partial charge is 0.490 e. The molecule has 128 valence electrons. The number of hydrogen-bond donors (Lipinski definition) is 1. The first kappa shape index (κ1) is 19.1. The van der Waals surface area contributed by atoms with Crippen LogP contribution in [0.5, 0.6) is 0 Å². The Morgan fingerprint density at radius 2 is 1.83 bits per heavy atom. The molecule has 10 heteroatoms. The molecule has 0 saturated heterocycles. The van der Waals surface area contributed by atoms with Gasteiger partial charge in [0.25, 0.3) is 0 Å². The average molecular weight is 355 g/mol. The molecule has 1 unspecified atom stereocenters. The Morgan fingerprint density at radius 3 is 2.22 bits per heavy atom. The topological polar surface area (TPSA) is 86.5 Å². The third-order valence-corrected chi connectivity index (χ3v) is 3.86. The zero-order chi connectivity index (χ0) is 17.8. The fourth-order valence-electron chi connectivity index (χ4n) is 1.55. The Morgan fingerprint density at radius 1 is 1.30 bits per heavy atom. The summed E-state index contributed by atoms with van der Waals surface area (Å²) in [6, 6.07) is 5.21. The number of carbonyl (C=O) groups is 1. The van der Waals surface area contributed by atoms with Gasteiger partial charge in [-0.1, -0.05) is 12.1 Å². The van der Waals surface area contributed by atoms with Crippen LogP contribution in [0.4, 0.5) is 17.6 Å². The molecular formula is C13H13F4NO4S. The number of halogens is 4. The van der Waals surface area contributed by atoms with Crippen molar-refractivity contribution in [2.45, 2.75) is 23.7 Å². The van der Waals surface area contributed by atoms with Crippen molar-refractivity contribution in [1.82, 2.24) is 0 Å². The van der Waals surface area contributed by atoms with Gasteiger partial charge in [-0.3, -0.25) is 5.73 Å². The van der Waals surface area contributed by atoms with Crippen molar-refractivity contribution >= 4 is 15.8 Å². The van der Waals surface area contributed by atoms with Gasteiger partial charge in [0.05, 0.1) is 11.2 Å². The van der Waals surface area contributed by atoms with Gasteiger partial charge < -0.3 is 4.74 Å². The Bertz CT molecular complexity index is 696. The van der Waals surface area contributed by atoms with Gasteiger partial charge in [0.15, 0.2) is 16.1 Å². The van der Waals surface area contributed by atoms with Crippen LogP contribution in [0.15, 0.2) is 41.1 Å². The third kappa shape index (κ3) is 5.64. The molecule has 0 fully saturated rings. The fourth-order valence-corrected chi connectivity index (χ4v) is 2.18. The number of hydrogen-bond acceptors (Lipinski definition) is 5. The van der Waals surface area contributed by atoms with Crippen molar-refractivity contribution in [2.75, 3.05) is 6.26 Å². The van der Waals surface area contributed by atoms with Gasteiger partial charge in [-0.15, -0.1) is 0 Å². The lowest BCUT2D eigenvalue weighted by Crippen LogP contribution is -2.36. The fraction of sp³-hybridized carbons (Fsp3) is 0.308. The van der Waals surface area contributed by atoms with E-state index in [1.807, 2.05) is 0 Å². The van der Waals surface area contributed by atoms with Gasteiger partial charge in [-0.25, -0.2) is 17.6 Å². The summed E-state index contributed by atoms with van der Waals surface area (Å²) in [7, 11) is -3.41. The second kappa shape index (κ2) is 7.09.